The van der Waals surface area contributed by atoms with Crippen molar-refractivity contribution in [3.63, 3.8) is 0 Å². The number of halogens is 1. The minimum atomic E-state index is -0.0938. The van der Waals surface area contributed by atoms with Gasteiger partial charge in [-0.3, -0.25) is 4.79 Å². The Kier molecular flexibility index (Phi) is 2.87. The monoisotopic (exact) mass is 322 g/mol. The van der Waals surface area contributed by atoms with Crippen molar-refractivity contribution in [2.45, 2.75) is 6.17 Å². The Hall–Kier alpha value is -1.33. The van der Waals surface area contributed by atoms with Gasteiger partial charge >= 0.3 is 0 Å². The zero-order valence-corrected chi connectivity index (χ0v) is 12.1. The molecule has 0 bridgehead atoms. The molecule has 2 heterocycles. The van der Waals surface area contributed by atoms with E-state index in [2.05, 4.69) is 21.2 Å². The van der Waals surface area contributed by atoms with E-state index in [0.717, 1.165) is 20.6 Å². The van der Waals surface area contributed by atoms with Crippen molar-refractivity contribution >= 4 is 38.9 Å². The van der Waals surface area contributed by atoms with Gasteiger partial charge in [-0.05, 0) is 34.1 Å². The molecule has 1 aliphatic heterocycles. The maximum atomic E-state index is 12.3. The van der Waals surface area contributed by atoms with Gasteiger partial charge in [0.1, 0.15) is 6.17 Å². The van der Waals surface area contributed by atoms with Gasteiger partial charge in [-0.1, -0.05) is 12.1 Å². The van der Waals surface area contributed by atoms with Gasteiger partial charge in [0.25, 0.3) is 5.91 Å². The van der Waals surface area contributed by atoms with E-state index in [-0.39, 0.29) is 12.1 Å². The first kappa shape index (κ1) is 11.7. The highest BCUT2D eigenvalue weighted by Crippen LogP contribution is 2.35. The molecule has 92 valence electrons. The maximum Gasteiger partial charge on any atom is 0.257 e. The molecule has 1 aromatic carbocycles. The number of fused-ring (bicyclic) bond motifs is 1. The van der Waals surface area contributed by atoms with E-state index in [1.54, 1.807) is 16.2 Å². The van der Waals surface area contributed by atoms with Crippen LogP contribution in [-0.2, 0) is 0 Å². The lowest BCUT2D eigenvalue weighted by Crippen LogP contribution is -2.39. The van der Waals surface area contributed by atoms with E-state index in [4.69, 9.17) is 0 Å². The third-order valence-electron chi connectivity index (χ3n) is 3.01. The predicted octanol–water partition coefficient (Wildman–Crippen LogP) is 3.71. The lowest BCUT2D eigenvalue weighted by molar-refractivity contribution is 0.0738. The molecule has 2 aromatic rings. The Morgan fingerprint density at radius 1 is 1.39 bits per heavy atom. The third kappa shape index (κ3) is 1.83. The predicted molar refractivity (Wildman–Crippen MR) is 76.9 cm³/mol. The second kappa shape index (κ2) is 4.40. The molecule has 1 aliphatic rings. The number of hydrogen-bond acceptors (Lipinski definition) is 3. The number of amides is 1. The van der Waals surface area contributed by atoms with Crippen molar-refractivity contribution in [2.75, 3.05) is 12.4 Å². The van der Waals surface area contributed by atoms with Gasteiger partial charge in [0, 0.05) is 27.5 Å². The summed E-state index contributed by atoms with van der Waals surface area (Å²) >= 11 is 5.08. The van der Waals surface area contributed by atoms with Crippen LogP contribution in [0.15, 0.2) is 40.2 Å². The number of para-hydroxylation sites is 1. The minimum absolute atomic E-state index is 0.0545. The van der Waals surface area contributed by atoms with Crippen LogP contribution in [0.1, 0.15) is 21.4 Å². The fourth-order valence-electron chi connectivity index (χ4n) is 2.08. The first-order valence-electron chi connectivity index (χ1n) is 5.53. The zero-order valence-electron chi connectivity index (χ0n) is 9.68. The van der Waals surface area contributed by atoms with Gasteiger partial charge in [0.2, 0.25) is 0 Å². The van der Waals surface area contributed by atoms with Gasteiger partial charge < -0.3 is 10.2 Å². The Labute approximate surface area is 118 Å². The molecule has 1 amide bonds. The summed E-state index contributed by atoms with van der Waals surface area (Å²) in [6.07, 6.45) is -0.0938. The molecular weight excluding hydrogens is 312 g/mol. The molecule has 3 rings (SSSR count). The number of carbonyl (C=O) groups is 1. The van der Waals surface area contributed by atoms with Crippen LogP contribution in [0.2, 0.25) is 0 Å². The van der Waals surface area contributed by atoms with E-state index in [9.17, 15) is 4.79 Å². The molecule has 1 aromatic heterocycles. The van der Waals surface area contributed by atoms with E-state index in [1.807, 2.05) is 42.8 Å². The number of benzene rings is 1. The van der Waals surface area contributed by atoms with Crippen LogP contribution in [0.3, 0.4) is 0 Å². The average molecular weight is 323 g/mol. The normalized spacial score (nSPS) is 18.4. The van der Waals surface area contributed by atoms with Crippen molar-refractivity contribution in [3.05, 3.63) is 50.6 Å². The second-order valence-corrected chi connectivity index (χ2v) is 6.03. The van der Waals surface area contributed by atoms with E-state index in [0.29, 0.717) is 0 Å². The van der Waals surface area contributed by atoms with Crippen LogP contribution in [0, 0.1) is 0 Å². The highest BCUT2D eigenvalue weighted by atomic mass is 79.9. The molecule has 18 heavy (non-hydrogen) atoms. The Morgan fingerprint density at radius 3 is 2.89 bits per heavy atom. The largest absolute Gasteiger partial charge is 0.360 e. The molecule has 1 atom stereocenters. The number of anilines is 1. The topological polar surface area (TPSA) is 32.3 Å². The van der Waals surface area contributed by atoms with Crippen molar-refractivity contribution < 1.29 is 4.79 Å². The number of hydrogen-bond donors (Lipinski definition) is 1. The van der Waals surface area contributed by atoms with E-state index < -0.39 is 0 Å². The molecule has 1 N–H and O–H groups in total. The van der Waals surface area contributed by atoms with Gasteiger partial charge in [-0.15, -0.1) is 11.3 Å². The standard InChI is InChI=1S/C13H11BrN2OS/c1-16-12(11-6-8(14)7-18-11)15-10-5-3-2-4-9(10)13(16)17/h2-7,12,15H,1H3. The Morgan fingerprint density at radius 2 is 2.17 bits per heavy atom. The molecule has 0 fully saturated rings. The summed E-state index contributed by atoms with van der Waals surface area (Å²) < 4.78 is 1.05. The van der Waals surface area contributed by atoms with E-state index >= 15 is 0 Å². The smallest absolute Gasteiger partial charge is 0.257 e. The molecule has 5 heteroatoms. The molecule has 3 nitrogen and oxygen atoms in total. The number of carbonyl (C=O) groups excluding carboxylic acids is 1. The molecular formula is C13H11BrN2OS. The Balaban J connectivity index is 2.03. The fourth-order valence-corrected chi connectivity index (χ4v) is 3.62. The van der Waals surface area contributed by atoms with Crippen molar-refractivity contribution in [3.8, 4) is 0 Å². The van der Waals surface area contributed by atoms with Crippen LogP contribution in [-0.4, -0.2) is 17.9 Å². The van der Waals surface area contributed by atoms with Gasteiger partial charge in [0.15, 0.2) is 0 Å². The summed E-state index contributed by atoms with van der Waals surface area (Å²) in [4.78, 5) is 15.1. The fraction of sp³-hybridized carbons (Fsp3) is 0.154. The quantitative estimate of drug-likeness (QED) is 0.868. The van der Waals surface area contributed by atoms with Crippen LogP contribution >= 0.6 is 27.3 Å². The maximum absolute atomic E-state index is 12.3. The van der Waals surface area contributed by atoms with Gasteiger partial charge in [-0.25, -0.2) is 0 Å². The zero-order chi connectivity index (χ0) is 12.7. The van der Waals surface area contributed by atoms with E-state index in [1.165, 1.54) is 0 Å². The van der Waals surface area contributed by atoms with Gasteiger partial charge in [0.05, 0.1) is 5.56 Å². The molecule has 0 saturated carbocycles. The van der Waals surface area contributed by atoms with Crippen LogP contribution in [0.25, 0.3) is 0 Å². The number of thiophene rings is 1. The summed E-state index contributed by atoms with van der Waals surface area (Å²) in [5, 5.41) is 5.43. The second-order valence-electron chi connectivity index (χ2n) is 4.18. The van der Waals surface area contributed by atoms with Crippen molar-refractivity contribution in [1.82, 2.24) is 4.90 Å². The highest BCUT2D eigenvalue weighted by Gasteiger charge is 2.30. The first-order chi connectivity index (χ1) is 8.66. The summed E-state index contributed by atoms with van der Waals surface area (Å²) in [5.74, 6) is 0.0545. The Bertz CT molecular complexity index is 611. The molecule has 0 radical (unpaired) electrons. The van der Waals surface area contributed by atoms with Crippen LogP contribution in [0.4, 0.5) is 5.69 Å². The number of rotatable bonds is 1. The highest BCUT2D eigenvalue weighted by molar-refractivity contribution is 9.10. The summed E-state index contributed by atoms with van der Waals surface area (Å²) in [6.45, 7) is 0. The molecule has 0 spiro atoms. The summed E-state index contributed by atoms with van der Waals surface area (Å²) in [7, 11) is 1.82. The number of nitrogens with zero attached hydrogens (tertiary/aromatic N) is 1. The van der Waals surface area contributed by atoms with Crippen molar-refractivity contribution in [1.29, 1.82) is 0 Å². The minimum Gasteiger partial charge on any atom is -0.360 e. The van der Waals surface area contributed by atoms with Crippen LogP contribution in [0.5, 0.6) is 0 Å². The lowest BCUT2D eigenvalue weighted by atomic mass is 10.1. The molecule has 1 unspecified atom stereocenters. The average Bonchev–Trinajstić information content (AvgIpc) is 2.80. The summed E-state index contributed by atoms with van der Waals surface area (Å²) in [5.41, 5.74) is 1.63. The third-order valence-corrected chi connectivity index (χ3v) is 4.76. The molecule has 0 saturated heterocycles. The molecule has 0 aliphatic carbocycles. The van der Waals surface area contributed by atoms with Crippen LogP contribution < -0.4 is 5.32 Å². The van der Waals surface area contributed by atoms with Crippen molar-refractivity contribution in [2.24, 2.45) is 0 Å². The number of nitrogens with one attached hydrogen (secondary N) is 1. The summed E-state index contributed by atoms with van der Waals surface area (Å²) in [6, 6.07) is 9.65. The van der Waals surface area contributed by atoms with Gasteiger partial charge in [-0.2, -0.15) is 0 Å². The first-order valence-corrected chi connectivity index (χ1v) is 7.21. The lowest BCUT2D eigenvalue weighted by Gasteiger charge is -2.34. The SMILES string of the molecule is CN1C(=O)c2ccccc2NC1c1cc(Br)cs1.